The van der Waals surface area contributed by atoms with Crippen LogP contribution >= 0.6 is 0 Å². The molecule has 0 saturated carbocycles. The van der Waals surface area contributed by atoms with Crippen molar-refractivity contribution in [3.63, 3.8) is 0 Å². The lowest BCUT2D eigenvalue weighted by Gasteiger charge is -2.34. The van der Waals surface area contributed by atoms with Gasteiger partial charge in [0, 0.05) is 39.5 Å². The molecule has 0 unspecified atom stereocenters. The number of nitrogens with one attached hydrogen (secondary N) is 1. The van der Waals surface area contributed by atoms with Crippen molar-refractivity contribution in [3.8, 4) is 0 Å². The predicted octanol–water partition coefficient (Wildman–Crippen LogP) is -0.0165. The summed E-state index contributed by atoms with van der Waals surface area (Å²) in [6.07, 6.45) is 2.29. The maximum atomic E-state index is 11.9. The molecule has 0 aromatic rings. The Kier molecular flexibility index (Phi) is 6.32. The van der Waals surface area contributed by atoms with Gasteiger partial charge in [-0.1, -0.05) is 13.3 Å². The molecule has 1 N–H and O–H groups in total. The van der Waals surface area contributed by atoms with Crippen molar-refractivity contribution >= 4 is 17.7 Å². The van der Waals surface area contributed by atoms with Gasteiger partial charge in [0.1, 0.15) is 0 Å². The molecule has 19 heavy (non-hydrogen) atoms. The Balaban J connectivity index is 2.24. The van der Waals surface area contributed by atoms with E-state index in [2.05, 4.69) is 5.32 Å². The van der Waals surface area contributed by atoms with Crippen LogP contribution in [0.2, 0.25) is 0 Å². The zero-order valence-electron chi connectivity index (χ0n) is 11.8. The molecule has 0 aromatic heterocycles. The molecule has 0 spiro atoms. The topological polar surface area (TPSA) is 69.7 Å². The fraction of sp³-hybridized carbons (Fsp3) is 0.769. The van der Waals surface area contributed by atoms with Crippen molar-refractivity contribution in [2.45, 2.75) is 33.1 Å². The van der Waals surface area contributed by atoms with Gasteiger partial charge in [0.2, 0.25) is 17.7 Å². The van der Waals surface area contributed by atoms with Gasteiger partial charge in [-0.2, -0.15) is 0 Å². The highest BCUT2D eigenvalue weighted by Crippen LogP contribution is 2.02. The van der Waals surface area contributed by atoms with Gasteiger partial charge in [-0.25, -0.2) is 0 Å². The van der Waals surface area contributed by atoms with E-state index in [0.717, 1.165) is 12.8 Å². The number of unbranched alkanes of at least 4 members (excludes halogenated alkanes) is 1. The highest BCUT2D eigenvalue weighted by molar-refractivity contribution is 5.85. The maximum absolute atomic E-state index is 11.9. The van der Waals surface area contributed by atoms with Crippen molar-refractivity contribution in [1.29, 1.82) is 0 Å². The molecular formula is C13H23N3O3. The number of rotatable bonds is 5. The molecule has 1 saturated heterocycles. The fourth-order valence-electron chi connectivity index (χ4n) is 1.98. The van der Waals surface area contributed by atoms with Crippen LogP contribution < -0.4 is 5.32 Å². The lowest BCUT2D eigenvalue weighted by atomic mass is 10.2. The van der Waals surface area contributed by atoms with Crippen molar-refractivity contribution in [3.05, 3.63) is 0 Å². The SMILES string of the molecule is CCCCC(=O)NCC(=O)N1CCN(C(C)=O)CC1. The second kappa shape index (κ2) is 7.76. The molecule has 1 aliphatic rings. The van der Waals surface area contributed by atoms with E-state index in [4.69, 9.17) is 0 Å². The molecule has 0 aromatic carbocycles. The molecule has 0 bridgehead atoms. The van der Waals surface area contributed by atoms with Crippen molar-refractivity contribution in [2.75, 3.05) is 32.7 Å². The number of carbonyl (C=O) groups is 3. The summed E-state index contributed by atoms with van der Waals surface area (Å²) in [5, 5.41) is 2.64. The smallest absolute Gasteiger partial charge is 0.242 e. The van der Waals surface area contributed by atoms with E-state index in [-0.39, 0.29) is 24.3 Å². The van der Waals surface area contributed by atoms with E-state index >= 15 is 0 Å². The predicted molar refractivity (Wildman–Crippen MR) is 71.4 cm³/mol. The van der Waals surface area contributed by atoms with Crippen LogP contribution in [0.5, 0.6) is 0 Å². The Hall–Kier alpha value is -1.59. The third-order valence-corrected chi connectivity index (χ3v) is 3.27. The molecule has 6 heteroatoms. The summed E-state index contributed by atoms with van der Waals surface area (Å²) >= 11 is 0. The van der Waals surface area contributed by atoms with Crippen LogP contribution in [0.3, 0.4) is 0 Å². The molecule has 0 atom stereocenters. The third kappa shape index (κ3) is 5.28. The zero-order valence-corrected chi connectivity index (χ0v) is 11.8. The Labute approximate surface area is 114 Å². The van der Waals surface area contributed by atoms with Crippen LogP contribution in [0.25, 0.3) is 0 Å². The van der Waals surface area contributed by atoms with Crippen LogP contribution in [-0.4, -0.2) is 60.2 Å². The van der Waals surface area contributed by atoms with E-state index in [1.165, 1.54) is 6.92 Å². The van der Waals surface area contributed by atoms with E-state index in [0.29, 0.717) is 32.6 Å². The Bertz CT molecular complexity index is 336. The second-order valence-electron chi connectivity index (χ2n) is 4.77. The van der Waals surface area contributed by atoms with Crippen LogP contribution in [0.1, 0.15) is 33.1 Å². The van der Waals surface area contributed by atoms with E-state index in [1.807, 2.05) is 6.92 Å². The molecule has 3 amide bonds. The van der Waals surface area contributed by atoms with E-state index in [1.54, 1.807) is 9.80 Å². The minimum atomic E-state index is -0.0759. The number of carbonyl (C=O) groups excluding carboxylic acids is 3. The monoisotopic (exact) mass is 269 g/mol. The first-order chi connectivity index (χ1) is 9.04. The summed E-state index contributed by atoms with van der Waals surface area (Å²) in [6.45, 7) is 5.85. The lowest BCUT2D eigenvalue weighted by molar-refractivity contribution is -0.138. The van der Waals surface area contributed by atoms with Gasteiger partial charge in [-0.15, -0.1) is 0 Å². The molecule has 0 radical (unpaired) electrons. The standard InChI is InChI=1S/C13H23N3O3/c1-3-4-5-12(18)14-10-13(19)16-8-6-15(7-9-16)11(2)17/h3-10H2,1-2H3,(H,14,18). The first-order valence-corrected chi connectivity index (χ1v) is 6.84. The molecule has 1 rings (SSSR count). The number of hydrogen-bond donors (Lipinski definition) is 1. The second-order valence-corrected chi connectivity index (χ2v) is 4.77. The largest absolute Gasteiger partial charge is 0.347 e. The van der Waals surface area contributed by atoms with E-state index in [9.17, 15) is 14.4 Å². The number of hydrogen-bond acceptors (Lipinski definition) is 3. The van der Waals surface area contributed by atoms with Crippen LogP contribution in [0.15, 0.2) is 0 Å². The summed E-state index contributed by atoms with van der Waals surface area (Å²) in [7, 11) is 0. The van der Waals surface area contributed by atoms with Gasteiger partial charge >= 0.3 is 0 Å². The summed E-state index contributed by atoms with van der Waals surface area (Å²) in [6, 6.07) is 0. The number of piperazine rings is 1. The van der Waals surface area contributed by atoms with Gasteiger partial charge in [0.05, 0.1) is 6.54 Å². The van der Waals surface area contributed by atoms with E-state index < -0.39 is 0 Å². The minimum Gasteiger partial charge on any atom is -0.347 e. The first kappa shape index (κ1) is 15.5. The molecule has 1 fully saturated rings. The van der Waals surface area contributed by atoms with Crippen LogP contribution in [0.4, 0.5) is 0 Å². The zero-order chi connectivity index (χ0) is 14.3. The van der Waals surface area contributed by atoms with Crippen LogP contribution in [-0.2, 0) is 14.4 Å². The van der Waals surface area contributed by atoms with Crippen molar-refractivity contribution < 1.29 is 14.4 Å². The molecule has 108 valence electrons. The third-order valence-electron chi connectivity index (χ3n) is 3.27. The Morgan fingerprint density at radius 1 is 1.05 bits per heavy atom. The number of nitrogens with zero attached hydrogens (tertiary/aromatic N) is 2. The van der Waals surface area contributed by atoms with Crippen molar-refractivity contribution in [2.24, 2.45) is 0 Å². The summed E-state index contributed by atoms with van der Waals surface area (Å²) < 4.78 is 0. The average Bonchev–Trinajstić information content (AvgIpc) is 2.42. The Morgan fingerprint density at radius 3 is 2.16 bits per heavy atom. The lowest BCUT2D eigenvalue weighted by Crippen LogP contribution is -2.52. The quantitative estimate of drug-likeness (QED) is 0.763. The summed E-state index contributed by atoms with van der Waals surface area (Å²) in [5.41, 5.74) is 0. The fourth-order valence-corrected chi connectivity index (χ4v) is 1.98. The highest BCUT2D eigenvalue weighted by Gasteiger charge is 2.22. The van der Waals surface area contributed by atoms with Gasteiger partial charge in [0.15, 0.2) is 0 Å². The van der Waals surface area contributed by atoms with Gasteiger partial charge < -0.3 is 15.1 Å². The molecule has 0 aliphatic carbocycles. The minimum absolute atomic E-state index is 0.0416. The van der Waals surface area contributed by atoms with Gasteiger partial charge in [-0.3, -0.25) is 14.4 Å². The maximum Gasteiger partial charge on any atom is 0.242 e. The molecule has 1 heterocycles. The number of amides is 3. The molecule has 1 aliphatic heterocycles. The van der Waals surface area contributed by atoms with Gasteiger partial charge in [0.25, 0.3) is 0 Å². The van der Waals surface area contributed by atoms with Crippen LogP contribution in [0, 0.1) is 0 Å². The molecular weight excluding hydrogens is 246 g/mol. The first-order valence-electron chi connectivity index (χ1n) is 6.84. The normalized spacial score (nSPS) is 15.3. The van der Waals surface area contributed by atoms with Gasteiger partial charge in [-0.05, 0) is 6.42 Å². The Morgan fingerprint density at radius 2 is 1.63 bits per heavy atom. The molecule has 6 nitrogen and oxygen atoms in total. The summed E-state index contributed by atoms with van der Waals surface area (Å²) in [5.74, 6) is -0.106. The summed E-state index contributed by atoms with van der Waals surface area (Å²) in [4.78, 5) is 37.8. The highest BCUT2D eigenvalue weighted by atomic mass is 16.2. The van der Waals surface area contributed by atoms with Crippen molar-refractivity contribution in [1.82, 2.24) is 15.1 Å². The average molecular weight is 269 g/mol.